The monoisotopic (exact) mass is 424 g/mol. The summed E-state index contributed by atoms with van der Waals surface area (Å²) in [6, 6.07) is 15.2. The molecule has 0 saturated carbocycles. The van der Waals surface area contributed by atoms with Gasteiger partial charge in [0.1, 0.15) is 0 Å². The van der Waals surface area contributed by atoms with Crippen LogP contribution < -0.4 is 10.6 Å². The quantitative estimate of drug-likeness (QED) is 0.482. The third-order valence-electron chi connectivity index (χ3n) is 4.22. The molecule has 2 aromatic carbocycles. The fourth-order valence-corrected chi connectivity index (χ4v) is 3.65. The molecule has 30 heavy (non-hydrogen) atoms. The zero-order chi connectivity index (χ0) is 21.5. The number of aliphatic hydroxyl groups is 1. The van der Waals surface area contributed by atoms with Crippen molar-refractivity contribution < 1.29 is 14.7 Å². The SMILES string of the molecule is CC(=O)Nc1cccc(NC(=O)CSc2nc(CO)cn2Cc2ccc(C)cc2)c1. The maximum Gasteiger partial charge on any atom is 0.234 e. The summed E-state index contributed by atoms with van der Waals surface area (Å²) in [5, 5.41) is 15.6. The van der Waals surface area contributed by atoms with E-state index in [1.165, 1.54) is 24.2 Å². The maximum absolute atomic E-state index is 12.4. The van der Waals surface area contributed by atoms with E-state index in [4.69, 9.17) is 0 Å². The predicted octanol–water partition coefficient (Wildman–Crippen LogP) is 3.42. The molecule has 1 heterocycles. The Kier molecular flexibility index (Phi) is 7.26. The van der Waals surface area contributed by atoms with Gasteiger partial charge in [-0.3, -0.25) is 9.59 Å². The molecular weight excluding hydrogens is 400 g/mol. The minimum Gasteiger partial charge on any atom is -0.390 e. The van der Waals surface area contributed by atoms with Crippen molar-refractivity contribution in [1.82, 2.24) is 9.55 Å². The van der Waals surface area contributed by atoms with Gasteiger partial charge in [-0.25, -0.2) is 4.98 Å². The van der Waals surface area contributed by atoms with Crippen molar-refractivity contribution in [2.75, 3.05) is 16.4 Å². The van der Waals surface area contributed by atoms with Crippen LogP contribution in [-0.2, 0) is 22.7 Å². The number of hydrogen-bond acceptors (Lipinski definition) is 5. The minimum atomic E-state index is -0.185. The normalized spacial score (nSPS) is 10.6. The molecule has 0 saturated heterocycles. The lowest BCUT2D eigenvalue weighted by Gasteiger charge is -2.09. The second-order valence-corrected chi connectivity index (χ2v) is 7.83. The van der Waals surface area contributed by atoms with Gasteiger partial charge in [-0.1, -0.05) is 47.7 Å². The molecule has 0 unspecified atom stereocenters. The first-order valence-corrected chi connectivity index (χ1v) is 10.4. The lowest BCUT2D eigenvalue weighted by Crippen LogP contribution is -2.15. The first kappa shape index (κ1) is 21.6. The van der Waals surface area contributed by atoms with Crippen LogP contribution in [0, 0.1) is 6.92 Å². The molecule has 0 aliphatic rings. The Balaban J connectivity index is 1.63. The number of anilines is 2. The lowest BCUT2D eigenvalue weighted by atomic mass is 10.1. The highest BCUT2D eigenvalue weighted by atomic mass is 32.2. The molecule has 0 fully saturated rings. The fourth-order valence-electron chi connectivity index (χ4n) is 2.85. The maximum atomic E-state index is 12.4. The molecule has 0 radical (unpaired) electrons. The summed E-state index contributed by atoms with van der Waals surface area (Å²) in [6.07, 6.45) is 1.80. The van der Waals surface area contributed by atoms with E-state index in [1.807, 2.05) is 11.5 Å². The Labute approximate surface area is 179 Å². The largest absolute Gasteiger partial charge is 0.390 e. The summed E-state index contributed by atoms with van der Waals surface area (Å²) in [6.45, 7) is 3.92. The van der Waals surface area contributed by atoms with Crippen LogP contribution in [-0.4, -0.2) is 32.2 Å². The van der Waals surface area contributed by atoms with Gasteiger partial charge in [-0.05, 0) is 30.7 Å². The van der Waals surface area contributed by atoms with Gasteiger partial charge in [0.15, 0.2) is 5.16 Å². The molecule has 3 N–H and O–H groups in total. The van der Waals surface area contributed by atoms with Gasteiger partial charge < -0.3 is 20.3 Å². The number of thioether (sulfide) groups is 1. The number of aliphatic hydroxyl groups excluding tert-OH is 1. The van der Waals surface area contributed by atoms with Crippen molar-refractivity contribution in [3.8, 4) is 0 Å². The summed E-state index contributed by atoms with van der Waals surface area (Å²) in [4.78, 5) is 28.0. The number of carbonyl (C=O) groups excluding carboxylic acids is 2. The number of nitrogens with one attached hydrogen (secondary N) is 2. The van der Waals surface area contributed by atoms with Crippen LogP contribution in [0.3, 0.4) is 0 Å². The standard InChI is InChI=1S/C22H24N4O3S/c1-15-6-8-17(9-7-15)11-26-12-20(13-27)25-22(26)30-14-21(29)24-19-5-3-4-18(10-19)23-16(2)28/h3-10,12,27H,11,13-14H2,1-2H3,(H,23,28)(H,24,29). The Morgan fingerprint density at radius 1 is 1.10 bits per heavy atom. The first-order chi connectivity index (χ1) is 14.4. The van der Waals surface area contributed by atoms with Gasteiger partial charge in [0.25, 0.3) is 0 Å². The molecule has 0 aliphatic heterocycles. The third-order valence-corrected chi connectivity index (χ3v) is 5.21. The molecule has 156 valence electrons. The Hall–Kier alpha value is -3.10. The van der Waals surface area contributed by atoms with E-state index >= 15 is 0 Å². The second kappa shape index (κ2) is 10.1. The molecular formula is C22H24N4O3S. The molecule has 2 amide bonds. The summed E-state index contributed by atoms with van der Waals surface area (Å²) in [7, 11) is 0. The molecule has 0 spiro atoms. The number of aromatic nitrogens is 2. The molecule has 3 aromatic rings. The molecule has 1 aromatic heterocycles. The highest BCUT2D eigenvalue weighted by molar-refractivity contribution is 7.99. The molecule has 0 aliphatic carbocycles. The third kappa shape index (κ3) is 6.20. The summed E-state index contributed by atoms with van der Waals surface area (Å²) >= 11 is 1.31. The number of imidazole rings is 1. The van der Waals surface area contributed by atoms with Crippen LogP contribution in [0.25, 0.3) is 0 Å². The van der Waals surface area contributed by atoms with Crippen LogP contribution in [0.2, 0.25) is 0 Å². The van der Waals surface area contributed by atoms with Crippen molar-refractivity contribution in [3.63, 3.8) is 0 Å². The number of nitrogens with zero attached hydrogens (tertiary/aromatic N) is 2. The van der Waals surface area contributed by atoms with Gasteiger partial charge >= 0.3 is 0 Å². The van der Waals surface area contributed by atoms with E-state index in [1.54, 1.807) is 30.5 Å². The van der Waals surface area contributed by atoms with Crippen molar-refractivity contribution >= 4 is 35.0 Å². The molecule has 0 bridgehead atoms. The number of carbonyl (C=O) groups is 2. The zero-order valence-electron chi connectivity index (χ0n) is 16.9. The molecule has 3 rings (SSSR count). The van der Waals surface area contributed by atoms with E-state index in [0.29, 0.717) is 28.8 Å². The topological polar surface area (TPSA) is 96.2 Å². The number of aryl methyl sites for hydroxylation is 1. The van der Waals surface area contributed by atoms with Crippen LogP contribution in [0.5, 0.6) is 0 Å². The summed E-state index contributed by atoms with van der Waals surface area (Å²) < 4.78 is 1.94. The Bertz CT molecular complexity index is 1030. The molecule has 8 heteroatoms. The highest BCUT2D eigenvalue weighted by Crippen LogP contribution is 2.21. The predicted molar refractivity (Wildman–Crippen MR) is 119 cm³/mol. The van der Waals surface area contributed by atoms with Crippen LogP contribution in [0.4, 0.5) is 11.4 Å². The van der Waals surface area contributed by atoms with Crippen LogP contribution >= 0.6 is 11.8 Å². The molecule has 7 nitrogen and oxygen atoms in total. The van der Waals surface area contributed by atoms with Crippen LogP contribution in [0.1, 0.15) is 23.7 Å². The zero-order valence-corrected chi connectivity index (χ0v) is 17.7. The Morgan fingerprint density at radius 3 is 2.47 bits per heavy atom. The van der Waals surface area contributed by atoms with E-state index in [-0.39, 0.29) is 24.2 Å². The number of hydrogen-bond donors (Lipinski definition) is 3. The average molecular weight is 425 g/mol. The van der Waals surface area contributed by atoms with E-state index in [2.05, 4.69) is 39.9 Å². The van der Waals surface area contributed by atoms with E-state index in [0.717, 1.165) is 5.56 Å². The van der Waals surface area contributed by atoms with Crippen molar-refractivity contribution in [2.24, 2.45) is 0 Å². The van der Waals surface area contributed by atoms with Crippen molar-refractivity contribution in [1.29, 1.82) is 0 Å². The van der Waals surface area contributed by atoms with Gasteiger partial charge in [0.2, 0.25) is 11.8 Å². The summed E-state index contributed by atoms with van der Waals surface area (Å²) in [5.74, 6) is -0.190. The minimum absolute atomic E-state index is 0.156. The summed E-state index contributed by atoms with van der Waals surface area (Å²) in [5.41, 5.74) is 4.09. The van der Waals surface area contributed by atoms with E-state index < -0.39 is 0 Å². The van der Waals surface area contributed by atoms with Crippen molar-refractivity contribution in [2.45, 2.75) is 32.2 Å². The lowest BCUT2D eigenvalue weighted by molar-refractivity contribution is -0.114. The first-order valence-electron chi connectivity index (χ1n) is 9.45. The van der Waals surface area contributed by atoms with Crippen molar-refractivity contribution in [3.05, 3.63) is 71.5 Å². The van der Waals surface area contributed by atoms with Gasteiger partial charge in [-0.2, -0.15) is 0 Å². The number of rotatable bonds is 8. The van der Waals surface area contributed by atoms with Gasteiger partial charge in [-0.15, -0.1) is 0 Å². The smallest absolute Gasteiger partial charge is 0.234 e. The van der Waals surface area contributed by atoms with Gasteiger partial charge in [0, 0.05) is 31.0 Å². The highest BCUT2D eigenvalue weighted by Gasteiger charge is 2.12. The van der Waals surface area contributed by atoms with E-state index in [9.17, 15) is 14.7 Å². The number of amides is 2. The fraction of sp³-hybridized carbons (Fsp3) is 0.227. The van der Waals surface area contributed by atoms with Crippen LogP contribution in [0.15, 0.2) is 59.9 Å². The number of benzene rings is 2. The van der Waals surface area contributed by atoms with Gasteiger partial charge in [0.05, 0.1) is 18.1 Å². The molecule has 0 atom stereocenters. The second-order valence-electron chi connectivity index (χ2n) is 6.89. The Morgan fingerprint density at radius 2 is 1.80 bits per heavy atom. The average Bonchev–Trinajstić information content (AvgIpc) is 3.10.